The molecular formula is C20H17F3N4S2. The van der Waals surface area contributed by atoms with Crippen LogP contribution < -0.4 is 5.32 Å². The third-order valence-corrected chi connectivity index (χ3v) is 6.32. The quantitative estimate of drug-likeness (QED) is 0.530. The molecule has 0 radical (unpaired) electrons. The predicted molar refractivity (Wildman–Crippen MR) is 113 cm³/mol. The normalized spacial score (nSPS) is 14.6. The number of aromatic nitrogens is 3. The summed E-state index contributed by atoms with van der Waals surface area (Å²) in [7, 11) is 0. The molecule has 0 unspecified atom stereocenters. The average molecular weight is 435 g/mol. The largest absolute Gasteiger partial charge is 0.433 e. The number of hydrogen-bond donors (Lipinski definition) is 1. The van der Waals surface area contributed by atoms with Crippen LogP contribution in [0, 0.1) is 6.92 Å². The highest BCUT2D eigenvalue weighted by atomic mass is 32.2. The first-order valence-electron chi connectivity index (χ1n) is 8.91. The number of thioether (sulfide) groups is 1. The number of anilines is 2. The number of nitrogens with zero attached hydrogens (tertiary/aromatic N) is 3. The summed E-state index contributed by atoms with van der Waals surface area (Å²) in [5.74, 6) is 2.03. The van der Waals surface area contributed by atoms with Crippen LogP contribution in [0.2, 0.25) is 0 Å². The molecule has 1 aliphatic rings. The van der Waals surface area contributed by atoms with Crippen molar-refractivity contribution < 1.29 is 13.2 Å². The first kappa shape index (κ1) is 19.9. The van der Waals surface area contributed by atoms with Crippen molar-refractivity contribution in [3.63, 3.8) is 0 Å². The van der Waals surface area contributed by atoms with Crippen molar-refractivity contribution in [3.8, 4) is 10.4 Å². The third kappa shape index (κ3) is 4.79. The minimum atomic E-state index is -4.51. The highest BCUT2D eigenvalue weighted by Crippen LogP contribution is 2.35. The first-order chi connectivity index (χ1) is 13.9. The predicted octanol–water partition coefficient (Wildman–Crippen LogP) is 6.19. The van der Waals surface area contributed by atoms with Gasteiger partial charge in [0.05, 0.1) is 4.88 Å². The van der Waals surface area contributed by atoms with Crippen LogP contribution in [0.25, 0.3) is 16.0 Å². The topological polar surface area (TPSA) is 50.7 Å². The van der Waals surface area contributed by atoms with Gasteiger partial charge < -0.3 is 5.32 Å². The van der Waals surface area contributed by atoms with E-state index in [1.807, 2.05) is 43.1 Å². The molecule has 1 aliphatic heterocycles. The van der Waals surface area contributed by atoms with Gasteiger partial charge in [0.25, 0.3) is 0 Å². The smallest absolute Gasteiger partial charge is 0.324 e. The zero-order chi connectivity index (χ0) is 20.4. The van der Waals surface area contributed by atoms with Gasteiger partial charge in [0.15, 0.2) is 0 Å². The van der Waals surface area contributed by atoms with Gasteiger partial charge in [-0.15, -0.1) is 11.3 Å². The maximum absolute atomic E-state index is 12.9. The Morgan fingerprint density at radius 1 is 1.14 bits per heavy atom. The molecule has 0 saturated carbocycles. The molecule has 3 heterocycles. The van der Waals surface area contributed by atoms with Crippen LogP contribution in [-0.2, 0) is 6.18 Å². The van der Waals surface area contributed by atoms with Gasteiger partial charge >= 0.3 is 6.18 Å². The minimum absolute atomic E-state index is 0.0915. The standard InChI is InChI=1S/C20H17F3N4S2/c1-12-8-14(16-11-25-18(29-16)13-3-6-28-7-4-13)10-15(9-12)26-19-24-5-2-17(27-19)20(21,22)23/h2-3,5,8-11H,4,6-7H2,1H3,(H,24,26,27). The number of benzene rings is 1. The Morgan fingerprint density at radius 2 is 2.00 bits per heavy atom. The molecule has 4 rings (SSSR count). The zero-order valence-electron chi connectivity index (χ0n) is 15.5. The van der Waals surface area contributed by atoms with Gasteiger partial charge in [-0.2, -0.15) is 24.9 Å². The fraction of sp³-hybridized carbons (Fsp3) is 0.250. The van der Waals surface area contributed by atoms with Crippen molar-refractivity contribution in [2.75, 3.05) is 16.8 Å². The number of halogens is 3. The molecule has 0 bridgehead atoms. The van der Waals surface area contributed by atoms with Crippen molar-refractivity contribution in [3.05, 3.63) is 59.0 Å². The second kappa shape index (κ2) is 8.16. The van der Waals surface area contributed by atoms with E-state index < -0.39 is 11.9 Å². The van der Waals surface area contributed by atoms with E-state index in [2.05, 4.69) is 26.3 Å². The van der Waals surface area contributed by atoms with Crippen LogP contribution in [0.1, 0.15) is 22.7 Å². The lowest BCUT2D eigenvalue weighted by atomic mass is 10.1. The molecular weight excluding hydrogens is 417 g/mol. The summed E-state index contributed by atoms with van der Waals surface area (Å²) < 4.78 is 38.6. The van der Waals surface area contributed by atoms with Crippen molar-refractivity contribution in [2.45, 2.75) is 19.5 Å². The second-order valence-corrected chi connectivity index (χ2v) is 8.74. The number of allylic oxidation sites excluding steroid dienone is 1. The van der Waals surface area contributed by atoms with Gasteiger partial charge in [-0.1, -0.05) is 12.1 Å². The van der Waals surface area contributed by atoms with E-state index in [1.165, 1.54) is 5.57 Å². The van der Waals surface area contributed by atoms with Crippen LogP contribution in [0.15, 0.2) is 42.7 Å². The van der Waals surface area contributed by atoms with Crippen molar-refractivity contribution >= 4 is 40.3 Å². The summed E-state index contributed by atoms with van der Waals surface area (Å²) >= 11 is 3.54. The Bertz CT molecular complexity index is 1060. The third-order valence-electron chi connectivity index (χ3n) is 4.31. The van der Waals surface area contributed by atoms with Crippen LogP contribution in [0.3, 0.4) is 0 Å². The van der Waals surface area contributed by atoms with E-state index in [4.69, 9.17) is 0 Å². The van der Waals surface area contributed by atoms with Crippen molar-refractivity contribution in [1.82, 2.24) is 15.0 Å². The number of nitrogens with one attached hydrogen (secondary N) is 1. The molecule has 0 aliphatic carbocycles. The van der Waals surface area contributed by atoms with Gasteiger partial charge in [0.2, 0.25) is 5.95 Å². The molecule has 0 fully saturated rings. The molecule has 0 spiro atoms. The lowest BCUT2D eigenvalue weighted by Gasteiger charge is -2.10. The van der Waals surface area contributed by atoms with Crippen molar-refractivity contribution in [2.24, 2.45) is 0 Å². The Balaban J connectivity index is 1.60. The number of aryl methyl sites for hydroxylation is 1. The van der Waals surface area contributed by atoms with E-state index >= 15 is 0 Å². The van der Waals surface area contributed by atoms with Gasteiger partial charge in [0, 0.05) is 23.8 Å². The van der Waals surface area contributed by atoms with Crippen LogP contribution in [-0.4, -0.2) is 26.5 Å². The summed E-state index contributed by atoms with van der Waals surface area (Å²) in [6.45, 7) is 1.94. The molecule has 0 amide bonds. The number of hydrogen-bond acceptors (Lipinski definition) is 6. The Kier molecular flexibility index (Phi) is 5.60. The Labute approximate surface area is 174 Å². The lowest BCUT2D eigenvalue weighted by molar-refractivity contribution is -0.141. The second-order valence-electron chi connectivity index (χ2n) is 6.56. The zero-order valence-corrected chi connectivity index (χ0v) is 17.1. The molecule has 0 atom stereocenters. The summed E-state index contributed by atoms with van der Waals surface area (Å²) in [5.41, 5.74) is 2.86. The van der Waals surface area contributed by atoms with Crippen LogP contribution >= 0.6 is 23.1 Å². The Hall–Kier alpha value is -2.39. The van der Waals surface area contributed by atoms with E-state index in [0.717, 1.165) is 51.2 Å². The van der Waals surface area contributed by atoms with Crippen LogP contribution in [0.4, 0.5) is 24.8 Å². The van der Waals surface area contributed by atoms with Crippen molar-refractivity contribution in [1.29, 1.82) is 0 Å². The number of alkyl halides is 3. The number of thiazole rings is 1. The SMILES string of the molecule is Cc1cc(Nc2nccc(C(F)(F)F)n2)cc(-c2cnc(C3=CCSCC3)s2)c1. The molecule has 2 aromatic heterocycles. The lowest BCUT2D eigenvalue weighted by Crippen LogP contribution is -2.10. The monoisotopic (exact) mass is 434 g/mol. The fourth-order valence-corrected chi connectivity index (χ4v) is 4.80. The highest BCUT2D eigenvalue weighted by Gasteiger charge is 2.32. The molecule has 1 aromatic carbocycles. The highest BCUT2D eigenvalue weighted by molar-refractivity contribution is 7.99. The molecule has 4 nitrogen and oxygen atoms in total. The van der Waals surface area contributed by atoms with E-state index in [1.54, 1.807) is 11.3 Å². The van der Waals surface area contributed by atoms with Gasteiger partial charge in [-0.05, 0) is 54.0 Å². The summed E-state index contributed by atoms with van der Waals surface area (Å²) in [5, 5.41) is 3.91. The van der Waals surface area contributed by atoms with Gasteiger partial charge in [0.1, 0.15) is 10.7 Å². The molecule has 150 valence electrons. The Morgan fingerprint density at radius 3 is 2.76 bits per heavy atom. The maximum Gasteiger partial charge on any atom is 0.433 e. The molecule has 29 heavy (non-hydrogen) atoms. The first-order valence-corrected chi connectivity index (χ1v) is 10.9. The number of rotatable bonds is 4. The average Bonchev–Trinajstić information content (AvgIpc) is 3.18. The minimum Gasteiger partial charge on any atom is -0.324 e. The molecule has 0 saturated heterocycles. The summed E-state index contributed by atoms with van der Waals surface area (Å²) in [6, 6.07) is 6.60. The fourth-order valence-electron chi connectivity index (χ4n) is 2.98. The van der Waals surface area contributed by atoms with E-state index in [-0.39, 0.29) is 5.95 Å². The molecule has 1 N–H and O–H groups in total. The summed E-state index contributed by atoms with van der Waals surface area (Å²) in [6.07, 6.45) is 1.68. The molecule has 3 aromatic rings. The van der Waals surface area contributed by atoms with Gasteiger partial charge in [-0.25, -0.2) is 15.0 Å². The van der Waals surface area contributed by atoms with Crippen LogP contribution in [0.5, 0.6) is 0 Å². The summed E-state index contributed by atoms with van der Waals surface area (Å²) in [4.78, 5) is 13.1. The van der Waals surface area contributed by atoms with E-state index in [9.17, 15) is 13.2 Å². The van der Waals surface area contributed by atoms with E-state index in [0.29, 0.717) is 5.69 Å². The van der Waals surface area contributed by atoms with Gasteiger partial charge in [-0.3, -0.25) is 0 Å². The maximum atomic E-state index is 12.9. The molecule has 9 heteroatoms.